The lowest BCUT2D eigenvalue weighted by Crippen LogP contribution is -2.31. The van der Waals surface area contributed by atoms with Crippen molar-refractivity contribution in [2.24, 2.45) is 0 Å². The summed E-state index contributed by atoms with van der Waals surface area (Å²) >= 11 is 1.74. The molecule has 1 aliphatic heterocycles. The number of aromatic nitrogens is 3. The van der Waals surface area contributed by atoms with Gasteiger partial charge in [-0.25, -0.2) is 0 Å². The Labute approximate surface area is 158 Å². The fraction of sp³-hybridized carbons (Fsp3) is 0.579. The van der Waals surface area contributed by atoms with E-state index < -0.39 is 0 Å². The van der Waals surface area contributed by atoms with Crippen LogP contribution in [0.3, 0.4) is 0 Å². The number of anilines is 1. The fourth-order valence-corrected chi connectivity index (χ4v) is 4.11. The molecule has 1 aromatic carbocycles. The van der Waals surface area contributed by atoms with E-state index in [1.807, 2.05) is 24.3 Å². The molecule has 1 aromatic heterocycles. The van der Waals surface area contributed by atoms with Gasteiger partial charge in [0.05, 0.1) is 13.7 Å². The summed E-state index contributed by atoms with van der Waals surface area (Å²) in [6, 6.07) is 8.29. The van der Waals surface area contributed by atoms with Crippen LogP contribution in [0.25, 0.3) is 0 Å². The summed E-state index contributed by atoms with van der Waals surface area (Å²) in [7, 11) is 1.67. The maximum atomic E-state index is 5.82. The summed E-state index contributed by atoms with van der Waals surface area (Å²) in [5.41, 5.74) is 0. The summed E-state index contributed by atoms with van der Waals surface area (Å²) in [5.74, 6) is 3.64. The number of benzene rings is 1. The molecule has 7 heteroatoms. The highest BCUT2D eigenvalue weighted by Crippen LogP contribution is 2.41. The number of thioether (sulfide) groups is 1. The van der Waals surface area contributed by atoms with E-state index in [0.29, 0.717) is 12.6 Å². The molecule has 0 radical (unpaired) electrons. The number of ether oxygens (including phenoxy) is 2. The van der Waals surface area contributed by atoms with E-state index in [4.69, 9.17) is 9.47 Å². The van der Waals surface area contributed by atoms with Crippen LogP contribution in [-0.4, -0.2) is 47.3 Å². The standard InChI is InChI=1S/C19H26N4O2S/c1-24-16-7-9-17(10-8-16)25-13-14-26-19-21-20-18(23(19)15-5-6-15)22-11-3-2-4-12-22/h7-10,15H,2-6,11-14H2,1H3. The molecule has 2 aliphatic rings. The van der Waals surface area contributed by atoms with Gasteiger partial charge >= 0.3 is 0 Å². The van der Waals surface area contributed by atoms with Crippen LogP contribution in [0.1, 0.15) is 38.1 Å². The number of piperidine rings is 1. The van der Waals surface area contributed by atoms with E-state index in [2.05, 4.69) is 19.7 Å². The van der Waals surface area contributed by atoms with E-state index in [1.54, 1.807) is 18.9 Å². The second kappa shape index (κ2) is 8.20. The van der Waals surface area contributed by atoms with Crippen LogP contribution in [0.2, 0.25) is 0 Å². The van der Waals surface area contributed by atoms with Crippen molar-refractivity contribution in [3.8, 4) is 11.5 Å². The summed E-state index contributed by atoms with van der Waals surface area (Å²) in [4.78, 5) is 2.41. The molecule has 6 nitrogen and oxygen atoms in total. The Morgan fingerprint density at radius 2 is 1.77 bits per heavy atom. The first-order chi connectivity index (χ1) is 12.8. The molecule has 2 heterocycles. The number of hydrogen-bond acceptors (Lipinski definition) is 6. The Morgan fingerprint density at radius 1 is 1.04 bits per heavy atom. The molecular weight excluding hydrogens is 348 g/mol. The predicted octanol–water partition coefficient (Wildman–Crippen LogP) is 3.78. The second-order valence-electron chi connectivity index (χ2n) is 6.80. The molecule has 0 unspecified atom stereocenters. The SMILES string of the molecule is COc1ccc(OCCSc2nnc(N3CCCCC3)n2C2CC2)cc1. The lowest BCUT2D eigenvalue weighted by Gasteiger charge is -2.27. The van der Waals surface area contributed by atoms with Crippen LogP contribution in [0.15, 0.2) is 29.4 Å². The Hall–Kier alpha value is -1.89. The molecule has 4 rings (SSSR count). The molecule has 0 N–H and O–H groups in total. The molecule has 2 aromatic rings. The van der Waals surface area contributed by atoms with Crippen LogP contribution >= 0.6 is 11.8 Å². The largest absolute Gasteiger partial charge is 0.497 e. The van der Waals surface area contributed by atoms with Gasteiger partial charge in [0.1, 0.15) is 11.5 Å². The minimum absolute atomic E-state index is 0.590. The van der Waals surface area contributed by atoms with Gasteiger partial charge < -0.3 is 14.4 Å². The maximum Gasteiger partial charge on any atom is 0.228 e. The minimum Gasteiger partial charge on any atom is -0.497 e. The minimum atomic E-state index is 0.590. The zero-order chi connectivity index (χ0) is 17.8. The molecule has 0 amide bonds. The maximum absolute atomic E-state index is 5.82. The van der Waals surface area contributed by atoms with Gasteiger partial charge in [-0.15, -0.1) is 10.2 Å². The third-order valence-corrected chi connectivity index (χ3v) is 5.75. The van der Waals surface area contributed by atoms with Crippen LogP contribution in [0.5, 0.6) is 11.5 Å². The van der Waals surface area contributed by atoms with E-state index in [-0.39, 0.29) is 0 Å². The smallest absolute Gasteiger partial charge is 0.228 e. The Bertz CT molecular complexity index is 709. The van der Waals surface area contributed by atoms with E-state index in [9.17, 15) is 0 Å². The van der Waals surface area contributed by atoms with Crippen LogP contribution in [0.4, 0.5) is 5.95 Å². The average Bonchev–Trinajstić information content (AvgIpc) is 3.45. The zero-order valence-electron chi connectivity index (χ0n) is 15.3. The van der Waals surface area contributed by atoms with Gasteiger partial charge in [-0.05, 0) is 56.4 Å². The third-order valence-electron chi connectivity index (χ3n) is 4.84. The third kappa shape index (κ3) is 4.09. The van der Waals surface area contributed by atoms with Crippen molar-refractivity contribution in [3.05, 3.63) is 24.3 Å². The number of hydrogen-bond donors (Lipinski definition) is 0. The first-order valence-electron chi connectivity index (χ1n) is 9.44. The summed E-state index contributed by atoms with van der Waals surface area (Å²) < 4.78 is 13.4. The van der Waals surface area contributed by atoms with Crippen molar-refractivity contribution in [1.29, 1.82) is 0 Å². The molecule has 0 atom stereocenters. The molecule has 1 saturated heterocycles. The van der Waals surface area contributed by atoms with Crippen molar-refractivity contribution in [2.45, 2.75) is 43.3 Å². The van der Waals surface area contributed by atoms with Gasteiger partial charge in [-0.3, -0.25) is 4.57 Å². The molecule has 0 spiro atoms. The predicted molar refractivity (Wildman–Crippen MR) is 104 cm³/mol. The number of nitrogens with zero attached hydrogens (tertiary/aromatic N) is 4. The molecule has 2 fully saturated rings. The lowest BCUT2D eigenvalue weighted by molar-refractivity contribution is 0.342. The highest BCUT2D eigenvalue weighted by Gasteiger charge is 2.31. The van der Waals surface area contributed by atoms with Crippen molar-refractivity contribution < 1.29 is 9.47 Å². The summed E-state index contributed by atoms with van der Waals surface area (Å²) in [6.07, 6.45) is 6.34. The molecule has 1 aliphatic carbocycles. The topological polar surface area (TPSA) is 52.4 Å². The van der Waals surface area contributed by atoms with Gasteiger partial charge in [0.15, 0.2) is 5.16 Å². The molecule has 0 bridgehead atoms. The Balaban J connectivity index is 1.33. The second-order valence-corrected chi connectivity index (χ2v) is 7.87. The molecule has 140 valence electrons. The van der Waals surface area contributed by atoms with Gasteiger partial charge in [-0.2, -0.15) is 0 Å². The first-order valence-corrected chi connectivity index (χ1v) is 10.4. The lowest BCUT2D eigenvalue weighted by atomic mass is 10.1. The van der Waals surface area contributed by atoms with Crippen molar-refractivity contribution in [2.75, 3.05) is 37.5 Å². The summed E-state index contributed by atoms with van der Waals surface area (Å²) in [5, 5.41) is 10.0. The van der Waals surface area contributed by atoms with E-state index in [0.717, 1.165) is 41.4 Å². The van der Waals surface area contributed by atoms with Crippen LogP contribution < -0.4 is 14.4 Å². The van der Waals surface area contributed by atoms with Gasteiger partial charge in [0, 0.05) is 24.9 Å². The zero-order valence-corrected chi connectivity index (χ0v) is 16.1. The summed E-state index contributed by atoms with van der Waals surface area (Å²) in [6.45, 7) is 2.86. The molecule has 1 saturated carbocycles. The molecule has 26 heavy (non-hydrogen) atoms. The van der Waals surface area contributed by atoms with Gasteiger partial charge in [0.25, 0.3) is 0 Å². The highest BCUT2D eigenvalue weighted by atomic mass is 32.2. The van der Waals surface area contributed by atoms with E-state index >= 15 is 0 Å². The highest BCUT2D eigenvalue weighted by molar-refractivity contribution is 7.99. The number of rotatable bonds is 8. The average molecular weight is 375 g/mol. The number of methoxy groups -OCH3 is 1. The van der Waals surface area contributed by atoms with Gasteiger partial charge in [-0.1, -0.05) is 11.8 Å². The normalized spacial score (nSPS) is 17.3. The monoisotopic (exact) mass is 374 g/mol. The fourth-order valence-electron chi connectivity index (χ4n) is 3.29. The quantitative estimate of drug-likeness (QED) is 0.518. The van der Waals surface area contributed by atoms with Gasteiger partial charge in [0.2, 0.25) is 5.95 Å². The van der Waals surface area contributed by atoms with Crippen LogP contribution in [0, 0.1) is 0 Å². The van der Waals surface area contributed by atoms with Crippen molar-refractivity contribution in [1.82, 2.24) is 14.8 Å². The van der Waals surface area contributed by atoms with E-state index in [1.165, 1.54) is 32.1 Å². The Kier molecular flexibility index (Phi) is 5.53. The van der Waals surface area contributed by atoms with Crippen molar-refractivity contribution >= 4 is 17.7 Å². The molecular formula is C19H26N4O2S. The first kappa shape index (κ1) is 17.5. The van der Waals surface area contributed by atoms with Crippen molar-refractivity contribution in [3.63, 3.8) is 0 Å². The van der Waals surface area contributed by atoms with Crippen LogP contribution in [-0.2, 0) is 0 Å². The Morgan fingerprint density at radius 3 is 2.46 bits per heavy atom.